The Morgan fingerprint density at radius 1 is 1.09 bits per heavy atom. The van der Waals surface area contributed by atoms with Crippen molar-refractivity contribution in [2.24, 2.45) is 0 Å². The number of nitrogens with one attached hydrogen (secondary N) is 1. The Labute approximate surface area is 201 Å². The zero-order chi connectivity index (χ0) is 24.5. The number of anilines is 1. The van der Waals surface area contributed by atoms with Gasteiger partial charge < -0.3 is 29.2 Å². The van der Waals surface area contributed by atoms with Gasteiger partial charge in [0.25, 0.3) is 5.91 Å². The van der Waals surface area contributed by atoms with Crippen LogP contribution in [0.5, 0.6) is 17.2 Å². The van der Waals surface area contributed by atoms with Gasteiger partial charge in [-0.05, 0) is 26.0 Å². The van der Waals surface area contributed by atoms with Crippen LogP contribution in [-0.2, 0) is 4.74 Å². The van der Waals surface area contributed by atoms with E-state index >= 15 is 0 Å². The van der Waals surface area contributed by atoms with Crippen LogP contribution in [0.4, 0.5) is 5.82 Å². The number of benzene rings is 1. The van der Waals surface area contributed by atoms with Gasteiger partial charge in [-0.25, -0.2) is 9.97 Å². The molecule has 0 bridgehead atoms. The molecule has 1 aromatic heterocycles. The monoisotopic (exact) mass is 473 g/mol. The molecule has 1 aromatic carbocycles. The second kappa shape index (κ2) is 12.4. The van der Waals surface area contributed by atoms with Crippen molar-refractivity contribution < 1.29 is 23.7 Å². The van der Waals surface area contributed by atoms with Gasteiger partial charge in [-0.1, -0.05) is 0 Å². The molecule has 2 heterocycles. The third-order valence-electron chi connectivity index (χ3n) is 5.82. The van der Waals surface area contributed by atoms with E-state index in [0.717, 1.165) is 32.8 Å². The van der Waals surface area contributed by atoms with E-state index in [1.54, 1.807) is 39.7 Å². The van der Waals surface area contributed by atoms with Crippen molar-refractivity contribution in [3.8, 4) is 28.6 Å². The summed E-state index contributed by atoms with van der Waals surface area (Å²) in [5, 5.41) is 3.02. The molecular weight excluding hydrogens is 438 g/mol. The lowest BCUT2D eigenvalue weighted by Gasteiger charge is -2.26. The Morgan fingerprint density at radius 2 is 1.74 bits per heavy atom. The summed E-state index contributed by atoms with van der Waals surface area (Å²) in [5.74, 6) is 2.38. The second-order valence-electron chi connectivity index (χ2n) is 7.73. The number of aromatic nitrogens is 2. The van der Waals surface area contributed by atoms with Crippen molar-refractivity contribution in [1.82, 2.24) is 20.2 Å². The lowest BCUT2D eigenvalue weighted by Crippen LogP contribution is -2.41. The number of hydrogen-bond acceptors (Lipinski definition) is 9. The molecule has 0 spiro atoms. The first kappa shape index (κ1) is 25.5. The summed E-state index contributed by atoms with van der Waals surface area (Å²) in [5.41, 5.74) is 1.14. The summed E-state index contributed by atoms with van der Waals surface area (Å²) >= 11 is 0. The standard InChI is InChI=1S/C24H35N5O5/c1-6-29(7-2)23-18(24(30)25-8-9-28-10-12-34-13-11-28)16-26-22(27-23)17-14-19(31-3)21(33-5)20(15-17)32-4/h14-16H,6-13H2,1-5H3,(H,25,30). The molecule has 2 aromatic rings. The predicted molar refractivity (Wildman–Crippen MR) is 130 cm³/mol. The molecule has 3 rings (SSSR count). The molecule has 1 aliphatic rings. The van der Waals surface area contributed by atoms with Crippen LogP contribution in [-0.4, -0.2) is 94.6 Å². The summed E-state index contributed by atoms with van der Waals surface area (Å²) in [6.07, 6.45) is 1.59. The highest BCUT2D eigenvalue weighted by Gasteiger charge is 2.21. The van der Waals surface area contributed by atoms with Crippen LogP contribution in [0.15, 0.2) is 18.3 Å². The number of rotatable bonds is 11. The third kappa shape index (κ3) is 5.87. The number of carbonyl (C=O) groups is 1. The SMILES string of the molecule is CCN(CC)c1nc(-c2cc(OC)c(OC)c(OC)c2)ncc1C(=O)NCCN1CCOCC1. The Balaban J connectivity index is 1.89. The number of hydrogen-bond donors (Lipinski definition) is 1. The fraction of sp³-hybridized carbons (Fsp3) is 0.542. The quantitative estimate of drug-likeness (QED) is 0.526. The van der Waals surface area contributed by atoms with Crippen molar-refractivity contribution in [1.29, 1.82) is 0 Å². The molecule has 1 fully saturated rings. The molecule has 10 heteroatoms. The highest BCUT2D eigenvalue weighted by atomic mass is 16.5. The van der Waals surface area contributed by atoms with Gasteiger partial charge in [0.1, 0.15) is 11.4 Å². The topological polar surface area (TPSA) is 98.3 Å². The largest absolute Gasteiger partial charge is 0.493 e. The first-order valence-electron chi connectivity index (χ1n) is 11.6. The Kier molecular flexibility index (Phi) is 9.29. The highest BCUT2D eigenvalue weighted by molar-refractivity contribution is 5.99. The van der Waals surface area contributed by atoms with Crippen LogP contribution in [0, 0.1) is 0 Å². The fourth-order valence-corrected chi connectivity index (χ4v) is 3.89. The van der Waals surface area contributed by atoms with Crippen LogP contribution >= 0.6 is 0 Å². The van der Waals surface area contributed by atoms with E-state index in [-0.39, 0.29) is 5.91 Å². The number of morpholine rings is 1. The molecule has 0 unspecified atom stereocenters. The van der Waals surface area contributed by atoms with Gasteiger partial charge in [0.05, 0.1) is 34.5 Å². The summed E-state index contributed by atoms with van der Waals surface area (Å²) in [7, 11) is 4.68. The minimum absolute atomic E-state index is 0.188. The van der Waals surface area contributed by atoms with Crippen LogP contribution in [0.25, 0.3) is 11.4 Å². The smallest absolute Gasteiger partial charge is 0.256 e. The lowest BCUT2D eigenvalue weighted by atomic mass is 10.1. The molecule has 1 amide bonds. The van der Waals surface area contributed by atoms with E-state index in [1.807, 2.05) is 18.7 Å². The molecule has 1 aliphatic heterocycles. The van der Waals surface area contributed by atoms with Gasteiger partial charge in [0.2, 0.25) is 5.75 Å². The molecule has 10 nitrogen and oxygen atoms in total. The predicted octanol–water partition coefficient (Wildman–Crippen LogP) is 2.08. The van der Waals surface area contributed by atoms with Gasteiger partial charge in [-0.15, -0.1) is 0 Å². The maximum Gasteiger partial charge on any atom is 0.256 e. The lowest BCUT2D eigenvalue weighted by molar-refractivity contribution is 0.0383. The number of carbonyl (C=O) groups excluding carboxylic acids is 1. The Hall–Kier alpha value is -3.11. The molecular formula is C24H35N5O5. The zero-order valence-electron chi connectivity index (χ0n) is 20.7. The van der Waals surface area contributed by atoms with E-state index in [0.29, 0.717) is 59.7 Å². The minimum Gasteiger partial charge on any atom is -0.493 e. The first-order chi connectivity index (χ1) is 16.6. The molecule has 1 N–H and O–H groups in total. The fourth-order valence-electron chi connectivity index (χ4n) is 3.89. The maximum absolute atomic E-state index is 13.1. The Morgan fingerprint density at radius 3 is 2.29 bits per heavy atom. The van der Waals surface area contributed by atoms with E-state index in [1.165, 1.54) is 0 Å². The van der Waals surface area contributed by atoms with Crippen molar-refractivity contribution in [3.05, 3.63) is 23.9 Å². The van der Waals surface area contributed by atoms with Crippen molar-refractivity contribution >= 4 is 11.7 Å². The van der Waals surface area contributed by atoms with E-state index < -0.39 is 0 Å². The summed E-state index contributed by atoms with van der Waals surface area (Å²) < 4.78 is 21.7. The van der Waals surface area contributed by atoms with E-state index in [9.17, 15) is 4.79 Å². The van der Waals surface area contributed by atoms with Gasteiger partial charge in [-0.3, -0.25) is 9.69 Å². The van der Waals surface area contributed by atoms with Crippen LogP contribution in [0.3, 0.4) is 0 Å². The second-order valence-corrected chi connectivity index (χ2v) is 7.73. The van der Waals surface area contributed by atoms with Crippen LogP contribution in [0.2, 0.25) is 0 Å². The minimum atomic E-state index is -0.188. The first-order valence-corrected chi connectivity index (χ1v) is 11.6. The normalized spacial score (nSPS) is 13.9. The van der Waals surface area contributed by atoms with Crippen LogP contribution in [0.1, 0.15) is 24.2 Å². The molecule has 1 saturated heterocycles. The van der Waals surface area contributed by atoms with Crippen molar-refractivity contribution in [2.75, 3.05) is 78.7 Å². The Bertz CT molecular complexity index is 936. The maximum atomic E-state index is 13.1. The summed E-state index contributed by atoms with van der Waals surface area (Å²) in [4.78, 5) is 26.7. The van der Waals surface area contributed by atoms with E-state index in [4.69, 9.17) is 23.9 Å². The number of ether oxygens (including phenoxy) is 4. The summed E-state index contributed by atoms with van der Waals surface area (Å²) in [6.45, 7) is 10.0. The summed E-state index contributed by atoms with van der Waals surface area (Å²) in [6, 6.07) is 3.59. The third-order valence-corrected chi connectivity index (χ3v) is 5.82. The highest BCUT2D eigenvalue weighted by Crippen LogP contribution is 2.40. The number of nitrogens with zero attached hydrogens (tertiary/aromatic N) is 4. The molecule has 34 heavy (non-hydrogen) atoms. The molecule has 0 atom stereocenters. The zero-order valence-corrected chi connectivity index (χ0v) is 20.7. The van der Waals surface area contributed by atoms with Gasteiger partial charge in [0, 0.05) is 51.0 Å². The number of methoxy groups -OCH3 is 3. The average molecular weight is 474 g/mol. The number of amides is 1. The van der Waals surface area contributed by atoms with Crippen LogP contribution < -0.4 is 24.4 Å². The van der Waals surface area contributed by atoms with Crippen molar-refractivity contribution in [3.63, 3.8) is 0 Å². The molecule has 0 aliphatic carbocycles. The van der Waals surface area contributed by atoms with Gasteiger partial charge >= 0.3 is 0 Å². The molecule has 186 valence electrons. The molecule has 0 radical (unpaired) electrons. The van der Waals surface area contributed by atoms with Crippen molar-refractivity contribution in [2.45, 2.75) is 13.8 Å². The van der Waals surface area contributed by atoms with E-state index in [2.05, 4.69) is 15.2 Å². The van der Waals surface area contributed by atoms with Gasteiger partial charge in [0.15, 0.2) is 17.3 Å². The average Bonchev–Trinajstić information content (AvgIpc) is 2.88. The van der Waals surface area contributed by atoms with Gasteiger partial charge in [-0.2, -0.15) is 0 Å². The molecule has 0 saturated carbocycles.